The highest BCUT2D eigenvalue weighted by molar-refractivity contribution is 5.77. The van der Waals surface area contributed by atoms with E-state index in [1.807, 2.05) is 6.07 Å². The summed E-state index contributed by atoms with van der Waals surface area (Å²) in [4.78, 5) is 11.9. The minimum absolute atomic E-state index is 0.0257. The number of hydrogen-bond acceptors (Lipinski definition) is 3. The lowest BCUT2D eigenvalue weighted by molar-refractivity contribution is -0.123. The summed E-state index contributed by atoms with van der Waals surface area (Å²) in [6.45, 7) is 2.30. The fourth-order valence-corrected chi connectivity index (χ4v) is 2.68. The third-order valence-electron chi connectivity index (χ3n) is 3.98. The Hall–Kier alpha value is -2.02. The van der Waals surface area contributed by atoms with Gasteiger partial charge in [-0.1, -0.05) is 19.8 Å². The van der Waals surface area contributed by atoms with Crippen LogP contribution in [0.15, 0.2) is 24.3 Å². The average Bonchev–Trinajstić information content (AvgIpc) is 2.70. The van der Waals surface area contributed by atoms with Crippen LogP contribution in [0.5, 0.6) is 5.75 Å². The quantitative estimate of drug-likeness (QED) is 0.865. The number of ether oxygens (including phenoxy) is 1. The second-order valence-electron chi connectivity index (χ2n) is 5.80. The standard InChI is InChI=1S/C17H22N2O2/c1-13-3-2-4-15(8-5-13)19-17(20)12-21-16-9-6-14(11-18)7-10-16/h6-7,9-10,13,15H,2-5,8,12H2,1H3,(H,19,20). The van der Waals surface area contributed by atoms with E-state index in [0.717, 1.165) is 18.8 Å². The molecule has 1 saturated carbocycles. The first-order chi connectivity index (χ1) is 10.2. The molecule has 0 radical (unpaired) electrons. The van der Waals surface area contributed by atoms with Gasteiger partial charge in [0.2, 0.25) is 0 Å². The molecule has 21 heavy (non-hydrogen) atoms. The summed E-state index contributed by atoms with van der Waals surface area (Å²) in [7, 11) is 0. The molecule has 1 aliphatic rings. The molecule has 0 spiro atoms. The van der Waals surface area contributed by atoms with Gasteiger partial charge >= 0.3 is 0 Å². The Morgan fingerprint density at radius 3 is 2.76 bits per heavy atom. The van der Waals surface area contributed by atoms with Gasteiger partial charge in [0, 0.05) is 6.04 Å². The summed E-state index contributed by atoms with van der Waals surface area (Å²) in [5.74, 6) is 1.30. The topological polar surface area (TPSA) is 62.1 Å². The van der Waals surface area contributed by atoms with Crippen molar-refractivity contribution in [2.75, 3.05) is 6.61 Å². The van der Waals surface area contributed by atoms with Crippen molar-refractivity contribution in [1.29, 1.82) is 5.26 Å². The van der Waals surface area contributed by atoms with Crippen LogP contribution in [0.25, 0.3) is 0 Å². The lowest BCUT2D eigenvalue weighted by Gasteiger charge is -2.16. The van der Waals surface area contributed by atoms with Crippen LogP contribution in [-0.2, 0) is 4.79 Å². The predicted octanol–water partition coefficient (Wildman–Crippen LogP) is 3.02. The van der Waals surface area contributed by atoms with Gasteiger partial charge in [-0.3, -0.25) is 4.79 Å². The molecular weight excluding hydrogens is 264 g/mol. The fourth-order valence-electron chi connectivity index (χ4n) is 2.68. The second-order valence-corrected chi connectivity index (χ2v) is 5.80. The first kappa shape index (κ1) is 15.4. The summed E-state index contributed by atoms with van der Waals surface area (Å²) in [6.07, 6.45) is 5.74. The van der Waals surface area contributed by atoms with Gasteiger partial charge in [-0.15, -0.1) is 0 Å². The van der Waals surface area contributed by atoms with E-state index in [9.17, 15) is 4.79 Å². The fraction of sp³-hybridized carbons (Fsp3) is 0.529. The highest BCUT2D eigenvalue weighted by Gasteiger charge is 2.17. The van der Waals surface area contributed by atoms with Gasteiger partial charge in [-0.25, -0.2) is 0 Å². The molecule has 0 aliphatic heterocycles. The molecule has 112 valence electrons. The van der Waals surface area contributed by atoms with Crippen LogP contribution < -0.4 is 10.1 Å². The van der Waals surface area contributed by atoms with Crippen molar-refractivity contribution < 1.29 is 9.53 Å². The SMILES string of the molecule is CC1CCCC(NC(=O)COc2ccc(C#N)cc2)CC1. The molecule has 0 bridgehead atoms. The van der Waals surface area contributed by atoms with E-state index in [2.05, 4.69) is 12.2 Å². The zero-order valence-electron chi connectivity index (χ0n) is 12.5. The van der Waals surface area contributed by atoms with Crippen LogP contribution in [0.2, 0.25) is 0 Å². The van der Waals surface area contributed by atoms with E-state index in [0.29, 0.717) is 11.3 Å². The number of nitrogens with zero attached hydrogens (tertiary/aromatic N) is 1. The van der Waals surface area contributed by atoms with Gasteiger partial charge in [0.1, 0.15) is 5.75 Å². The lowest BCUT2D eigenvalue weighted by atomic mass is 10.0. The van der Waals surface area contributed by atoms with E-state index in [1.54, 1.807) is 24.3 Å². The molecule has 0 aromatic heterocycles. The number of carbonyl (C=O) groups is 1. The second kappa shape index (κ2) is 7.68. The highest BCUT2D eigenvalue weighted by atomic mass is 16.5. The highest BCUT2D eigenvalue weighted by Crippen LogP contribution is 2.22. The molecule has 4 heteroatoms. The number of carbonyl (C=O) groups excluding carboxylic acids is 1. The normalized spacial score (nSPS) is 21.9. The molecule has 1 N–H and O–H groups in total. The van der Waals surface area contributed by atoms with Gasteiger partial charge in [-0.2, -0.15) is 5.26 Å². The van der Waals surface area contributed by atoms with Crippen LogP contribution in [-0.4, -0.2) is 18.6 Å². The van der Waals surface area contributed by atoms with E-state index in [4.69, 9.17) is 10.00 Å². The Labute approximate surface area is 126 Å². The number of nitriles is 1. The summed E-state index contributed by atoms with van der Waals surface area (Å²) >= 11 is 0. The summed E-state index contributed by atoms with van der Waals surface area (Å²) in [6, 6.07) is 9.11. The van der Waals surface area contributed by atoms with Gasteiger partial charge in [0.25, 0.3) is 5.91 Å². The minimum Gasteiger partial charge on any atom is -0.484 e. The number of amides is 1. The first-order valence-electron chi connectivity index (χ1n) is 7.59. The maximum atomic E-state index is 11.9. The Morgan fingerprint density at radius 2 is 2.05 bits per heavy atom. The number of rotatable bonds is 4. The Kier molecular flexibility index (Phi) is 5.62. The van der Waals surface area contributed by atoms with Gasteiger partial charge in [-0.05, 0) is 49.4 Å². The van der Waals surface area contributed by atoms with Crippen LogP contribution in [0.4, 0.5) is 0 Å². The molecule has 2 unspecified atom stereocenters. The van der Waals surface area contributed by atoms with Crippen molar-refractivity contribution in [3.8, 4) is 11.8 Å². The average molecular weight is 286 g/mol. The third-order valence-corrected chi connectivity index (χ3v) is 3.98. The van der Waals surface area contributed by atoms with Crippen molar-refractivity contribution in [3.63, 3.8) is 0 Å². The molecule has 1 aromatic rings. The van der Waals surface area contributed by atoms with Gasteiger partial charge < -0.3 is 10.1 Å². The molecule has 2 rings (SSSR count). The van der Waals surface area contributed by atoms with Gasteiger partial charge in [0.15, 0.2) is 6.61 Å². The zero-order chi connectivity index (χ0) is 15.1. The molecule has 0 heterocycles. The number of nitrogens with one attached hydrogen (secondary N) is 1. The van der Waals surface area contributed by atoms with Crippen LogP contribution in [0.3, 0.4) is 0 Å². The Balaban J connectivity index is 1.75. The lowest BCUT2D eigenvalue weighted by Crippen LogP contribution is -2.37. The van der Waals surface area contributed by atoms with Crippen LogP contribution in [0.1, 0.15) is 44.6 Å². The summed E-state index contributed by atoms with van der Waals surface area (Å²) in [5, 5.41) is 11.8. The molecule has 1 amide bonds. The maximum Gasteiger partial charge on any atom is 0.258 e. The zero-order valence-corrected chi connectivity index (χ0v) is 12.5. The van der Waals surface area contributed by atoms with Crippen molar-refractivity contribution in [2.45, 2.75) is 45.1 Å². The number of hydrogen-bond donors (Lipinski definition) is 1. The molecule has 1 aliphatic carbocycles. The van der Waals surface area contributed by atoms with E-state index < -0.39 is 0 Å². The summed E-state index contributed by atoms with van der Waals surface area (Å²) < 4.78 is 5.44. The van der Waals surface area contributed by atoms with Crippen molar-refractivity contribution in [2.24, 2.45) is 5.92 Å². The predicted molar refractivity (Wildman–Crippen MR) is 80.8 cm³/mol. The first-order valence-corrected chi connectivity index (χ1v) is 7.59. The van der Waals surface area contributed by atoms with E-state index in [1.165, 1.54) is 19.3 Å². The maximum absolute atomic E-state index is 11.9. The largest absolute Gasteiger partial charge is 0.484 e. The Morgan fingerprint density at radius 1 is 1.29 bits per heavy atom. The Bertz CT molecular complexity index is 505. The van der Waals surface area contributed by atoms with Crippen molar-refractivity contribution in [3.05, 3.63) is 29.8 Å². The molecule has 2 atom stereocenters. The molecule has 4 nitrogen and oxygen atoms in total. The molecule has 1 aromatic carbocycles. The van der Waals surface area contributed by atoms with Crippen LogP contribution >= 0.6 is 0 Å². The third kappa shape index (κ3) is 5.11. The molecule has 1 fully saturated rings. The molecular formula is C17H22N2O2. The van der Waals surface area contributed by atoms with Crippen molar-refractivity contribution in [1.82, 2.24) is 5.32 Å². The van der Waals surface area contributed by atoms with Crippen LogP contribution in [0, 0.1) is 17.2 Å². The smallest absolute Gasteiger partial charge is 0.258 e. The number of benzene rings is 1. The molecule has 0 saturated heterocycles. The van der Waals surface area contributed by atoms with E-state index >= 15 is 0 Å². The monoisotopic (exact) mass is 286 g/mol. The van der Waals surface area contributed by atoms with E-state index in [-0.39, 0.29) is 18.6 Å². The van der Waals surface area contributed by atoms with Gasteiger partial charge in [0.05, 0.1) is 11.6 Å². The van der Waals surface area contributed by atoms with Crippen molar-refractivity contribution >= 4 is 5.91 Å². The summed E-state index contributed by atoms with van der Waals surface area (Å²) in [5.41, 5.74) is 0.583. The minimum atomic E-state index is -0.0705.